The summed E-state index contributed by atoms with van der Waals surface area (Å²) in [6.45, 7) is 5.80. The zero-order valence-corrected chi connectivity index (χ0v) is 6.93. The quantitative estimate of drug-likeness (QED) is 0.657. The summed E-state index contributed by atoms with van der Waals surface area (Å²) in [5, 5.41) is 13.9. The van der Waals surface area contributed by atoms with Gasteiger partial charge in [0.05, 0.1) is 0 Å². The van der Waals surface area contributed by atoms with Crippen molar-refractivity contribution in [2.45, 2.75) is 26.8 Å². The molecule has 62 valence electrons. The van der Waals surface area contributed by atoms with E-state index in [1.54, 1.807) is 6.92 Å². The Morgan fingerprint density at radius 2 is 2.18 bits per heavy atom. The molecule has 0 saturated carbocycles. The fraction of sp³-hybridized carbons (Fsp3) is 0.571. The van der Waals surface area contributed by atoms with Crippen LogP contribution in [0.2, 0.25) is 0 Å². The largest absolute Gasteiger partial charge is 0.575 e. The van der Waals surface area contributed by atoms with Crippen LogP contribution in [-0.4, -0.2) is 16.3 Å². The summed E-state index contributed by atoms with van der Waals surface area (Å²) in [5.74, 6) is 0.847. The highest BCUT2D eigenvalue weighted by Crippen LogP contribution is 2.25. The lowest BCUT2D eigenvalue weighted by molar-refractivity contribution is 0.348. The van der Waals surface area contributed by atoms with Crippen molar-refractivity contribution in [1.29, 1.82) is 0 Å². The molecule has 1 aromatic heterocycles. The Labute approximate surface area is 65.2 Å². The van der Waals surface area contributed by atoms with Crippen molar-refractivity contribution in [3.8, 4) is 5.88 Å². The number of hydrogen-bond acceptors (Lipinski definition) is 3. The van der Waals surface area contributed by atoms with Gasteiger partial charge >= 0.3 is 5.88 Å². The maximum atomic E-state index is 7.32. The molecule has 0 aliphatic heterocycles. The summed E-state index contributed by atoms with van der Waals surface area (Å²) < 4.78 is 4.80. The molecular weight excluding hydrogens is 144 g/mol. The Bertz CT molecular complexity index is 223. The van der Waals surface area contributed by atoms with E-state index in [0.717, 1.165) is 0 Å². The van der Waals surface area contributed by atoms with Crippen molar-refractivity contribution >= 4 is 5.69 Å². The Kier molecular flexibility index (Phi) is 2.03. The molecule has 1 rings (SSSR count). The van der Waals surface area contributed by atoms with Crippen LogP contribution >= 0.6 is 0 Å². The van der Waals surface area contributed by atoms with E-state index < -0.39 is 0 Å². The molecule has 0 saturated heterocycles. The fourth-order valence-electron chi connectivity index (χ4n) is 0.831. The van der Waals surface area contributed by atoms with E-state index >= 15 is 0 Å². The van der Waals surface area contributed by atoms with Gasteiger partial charge in [0.1, 0.15) is 0 Å². The van der Waals surface area contributed by atoms with Gasteiger partial charge in [0.2, 0.25) is 0 Å². The average Bonchev–Trinajstić information content (AvgIpc) is 2.18. The molecule has 0 amide bonds. The first-order valence-electron chi connectivity index (χ1n) is 3.55. The molecule has 1 heterocycles. The molecule has 0 atom stereocenters. The van der Waals surface area contributed by atoms with Gasteiger partial charge in [0.25, 0.3) is 0 Å². The standard InChI is InChI=1S/C7H12N2O2/c1-4(2)8-6-5(3)11-9-7(6)10/h4,8H,1-3H3,(H,9,10)/p+1. The number of rotatable bonds is 2. The molecule has 0 bridgehead atoms. The first-order chi connectivity index (χ1) is 5.11. The van der Waals surface area contributed by atoms with E-state index in [2.05, 4.69) is 10.5 Å². The molecule has 4 nitrogen and oxygen atoms in total. The van der Waals surface area contributed by atoms with Crippen LogP contribution < -0.4 is 5.32 Å². The molecule has 11 heavy (non-hydrogen) atoms. The zero-order valence-electron chi connectivity index (χ0n) is 6.93. The van der Waals surface area contributed by atoms with Crippen molar-refractivity contribution in [3.05, 3.63) is 5.76 Å². The molecular formula is C7H13N2O2+. The number of nitrogens with one attached hydrogen (secondary N) is 1. The van der Waals surface area contributed by atoms with Gasteiger partial charge in [0, 0.05) is 11.2 Å². The molecule has 4 heteroatoms. The molecule has 0 spiro atoms. The van der Waals surface area contributed by atoms with Crippen molar-refractivity contribution in [1.82, 2.24) is 5.16 Å². The first-order valence-corrected chi connectivity index (χ1v) is 3.55. The fourth-order valence-corrected chi connectivity index (χ4v) is 0.831. The molecule has 0 radical (unpaired) electrons. The van der Waals surface area contributed by atoms with Gasteiger partial charge in [-0.25, -0.2) is 0 Å². The van der Waals surface area contributed by atoms with Crippen LogP contribution in [0.15, 0.2) is 4.52 Å². The summed E-state index contributed by atoms with van der Waals surface area (Å²) in [6.07, 6.45) is 0. The Morgan fingerprint density at radius 3 is 2.55 bits per heavy atom. The van der Waals surface area contributed by atoms with Crippen LogP contribution in [0.25, 0.3) is 0 Å². The average molecular weight is 157 g/mol. The van der Waals surface area contributed by atoms with Gasteiger partial charge < -0.3 is 14.9 Å². The molecule has 0 aliphatic rings. The molecule has 0 aromatic carbocycles. The Morgan fingerprint density at radius 1 is 1.55 bits per heavy atom. The summed E-state index contributed by atoms with van der Waals surface area (Å²) >= 11 is 0. The zero-order chi connectivity index (χ0) is 8.43. The Hall–Kier alpha value is -1.19. The maximum absolute atomic E-state index is 7.32. The second-order valence-electron chi connectivity index (χ2n) is 2.76. The number of hydrogen-bond donors (Lipinski definition) is 1. The van der Waals surface area contributed by atoms with E-state index in [-0.39, 0.29) is 5.88 Å². The second-order valence-corrected chi connectivity index (χ2v) is 2.76. The van der Waals surface area contributed by atoms with Crippen molar-refractivity contribution < 1.29 is 9.63 Å². The van der Waals surface area contributed by atoms with Gasteiger partial charge in [-0.1, -0.05) is 0 Å². The maximum Gasteiger partial charge on any atom is 0.417 e. The summed E-state index contributed by atoms with van der Waals surface area (Å²) in [7, 11) is 0. The van der Waals surface area contributed by atoms with Crippen LogP contribution in [-0.2, 0) is 0 Å². The predicted octanol–water partition coefficient (Wildman–Crippen LogP) is 1.24. The van der Waals surface area contributed by atoms with Crippen molar-refractivity contribution in [3.63, 3.8) is 0 Å². The third kappa shape index (κ3) is 1.63. The van der Waals surface area contributed by atoms with E-state index in [0.29, 0.717) is 17.5 Å². The number of aromatic nitrogens is 1. The smallest absolute Gasteiger partial charge is 0.417 e. The first kappa shape index (κ1) is 7.91. The molecule has 3 N–H and O–H groups in total. The lowest BCUT2D eigenvalue weighted by Crippen LogP contribution is -2.09. The number of nitrogens with zero attached hydrogens (tertiary/aromatic N) is 1. The molecule has 0 unspecified atom stereocenters. The highest BCUT2D eigenvalue weighted by molar-refractivity contribution is 5.54. The highest BCUT2D eigenvalue weighted by atomic mass is 16.5. The van der Waals surface area contributed by atoms with Crippen LogP contribution in [0.5, 0.6) is 5.88 Å². The minimum atomic E-state index is 0.177. The molecule has 0 aliphatic carbocycles. The Balaban J connectivity index is 2.83. The lowest BCUT2D eigenvalue weighted by Gasteiger charge is -2.04. The van der Waals surface area contributed by atoms with Gasteiger partial charge in [-0.3, -0.25) is 0 Å². The molecule has 0 fully saturated rings. The monoisotopic (exact) mass is 157 g/mol. The van der Waals surface area contributed by atoms with E-state index in [4.69, 9.17) is 9.63 Å². The van der Waals surface area contributed by atoms with E-state index in [1.807, 2.05) is 13.8 Å². The minimum absolute atomic E-state index is 0.177. The third-order valence-electron chi connectivity index (χ3n) is 1.30. The van der Waals surface area contributed by atoms with Crippen molar-refractivity contribution in [2.75, 3.05) is 5.32 Å². The van der Waals surface area contributed by atoms with Crippen LogP contribution in [0, 0.1) is 6.92 Å². The van der Waals surface area contributed by atoms with Gasteiger partial charge in [-0.15, -0.1) is 0 Å². The highest BCUT2D eigenvalue weighted by Gasteiger charge is 2.15. The van der Waals surface area contributed by atoms with E-state index in [9.17, 15) is 0 Å². The minimum Gasteiger partial charge on any atom is -0.575 e. The van der Waals surface area contributed by atoms with Gasteiger partial charge in [-0.05, 0) is 20.8 Å². The van der Waals surface area contributed by atoms with Crippen LogP contribution in [0.1, 0.15) is 19.6 Å². The van der Waals surface area contributed by atoms with Gasteiger partial charge in [0.15, 0.2) is 11.4 Å². The predicted molar refractivity (Wildman–Crippen MR) is 43.1 cm³/mol. The summed E-state index contributed by atoms with van der Waals surface area (Å²) in [5.41, 5.74) is 0.694. The summed E-state index contributed by atoms with van der Waals surface area (Å²) in [4.78, 5) is 0. The number of aryl methyl sites for hydroxylation is 1. The normalized spacial score (nSPS) is 10.5. The summed E-state index contributed by atoms with van der Waals surface area (Å²) in [6, 6.07) is 0.303. The second kappa shape index (κ2) is 2.82. The molecule has 1 aromatic rings. The lowest BCUT2D eigenvalue weighted by atomic mass is 10.3. The van der Waals surface area contributed by atoms with Gasteiger partial charge in [-0.2, -0.15) is 0 Å². The SMILES string of the molecule is Cc1onc([OH2+])c1NC(C)C. The van der Waals surface area contributed by atoms with Crippen LogP contribution in [0.3, 0.4) is 0 Å². The van der Waals surface area contributed by atoms with Crippen LogP contribution in [0.4, 0.5) is 5.69 Å². The topological polar surface area (TPSA) is 61.0 Å². The third-order valence-corrected chi connectivity index (χ3v) is 1.30. The van der Waals surface area contributed by atoms with Crippen molar-refractivity contribution in [2.24, 2.45) is 0 Å². The van der Waals surface area contributed by atoms with E-state index in [1.165, 1.54) is 0 Å². The number of anilines is 1.